The van der Waals surface area contributed by atoms with Gasteiger partial charge in [0, 0.05) is 5.02 Å². The van der Waals surface area contributed by atoms with Gasteiger partial charge < -0.3 is 14.8 Å². The summed E-state index contributed by atoms with van der Waals surface area (Å²) in [6.45, 7) is 0. The fourth-order valence-electron chi connectivity index (χ4n) is 3.44. The average molecular weight is 453 g/mol. The van der Waals surface area contributed by atoms with Gasteiger partial charge in [-0.15, -0.1) is 0 Å². The quantitative estimate of drug-likeness (QED) is 0.539. The van der Waals surface area contributed by atoms with Crippen LogP contribution in [0.25, 0.3) is 5.57 Å². The predicted molar refractivity (Wildman–Crippen MR) is 120 cm³/mol. The summed E-state index contributed by atoms with van der Waals surface area (Å²) in [5, 5.41) is 3.39. The SMILES string of the molecule is COc1ccc(C2=C(Nc3cc(Cl)ccc3OC)C(=O)N(c3ccccc3F)C2=O)cc1. The molecular formula is C24H18ClFN2O4. The van der Waals surface area contributed by atoms with Gasteiger partial charge in [0.15, 0.2) is 0 Å². The van der Waals surface area contributed by atoms with Gasteiger partial charge in [0.1, 0.15) is 23.0 Å². The first-order valence-corrected chi connectivity index (χ1v) is 9.95. The number of rotatable bonds is 6. The summed E-state index contributed by atoms with van der Waals surface area (Å²) < 4.78 is 25.0. The summed E-state index contributed by atoms with van der Waals surface area (Å²) in [5.41, 5.74) is 0.777. The van der Waals surface area contributed by atoms with Crippen LogP contribution in [0.15, 0.2) is 72.4 Å². The van der Waals surface area contributed by atoms with E-state index >= 15 is 0 Å². The number of para-hydroxylation sites is 1. The molecule has 1 heterocycles. The summed E-state index contributed by atoms with van der Waals surface area (Å²) >= 11 is 6.12. The van der Waals surface area contributed by atoms with Crippen molar-refractivity contribution in [1.29, 1.82) is 0 Å². The van der Waals surface area contributed by atoms with Crippen LogP contribution in [0.4, 0.5) is 15.8 Å². The molecular weight excluding hydrogens is 435 g/mol. The number of carbonyl (C=O) groups excluding carboxylic acids is 2. The molecule has 6 nitrogen and oxygen atoms in total. The minimum absolute atomic E-state index is 0.0241. The highest BCUT2D eigenvalue weighted by atomic mass is 35.5. The van der Waals surface area contributed by atoms with Gasteiger partial charge in [-0.25, -0.2) is 9.29 Å². The molecule has 0 fully saturated rings. The number of carbonyl (C=O) groups is 2. The number of halogens is 2. The second kappa shape index (κ2) is 8.72. The van der Waals surface area contributed by atoms with E-state index in [4.69, 9.17) is 21.1 Å². The summed E-state index contributed by atoms with van der Waals surface area (Å²) in [6, 6.07) is 17.1. The van der Waals surface area contributed by atoms with Crippen molar-refractivity contribution in [3.05, 3.63) is 88.8 Å². The molecule has 1 aliphatic heterocycles. The molecule has 3 aromatic rings. The minimum Gasteiger partial charge on any atom is -0.497 e. The van der Waals surface area contributed by atoms with Gasteiger partial charge in [-0.3, -0.25) is 9.59 Å². The number of imide groups is 1. The lowest BCUT2D eigenvalue weighted by molar-refractivity contribution is -0.120. The first-order valence-electron chi connectivity index (χ1n) is 9.57. The van der Waals surface area contributed by atoms with Crippen LogP contribution in [0.3, 0.4) is 0 Å². The Bertz CT molecular complexity index is 1240. The third-order valence-electron chi connectivity index (χ3n) is 4.98. The summed E-state index contributed by atoms with van der Waals surface area (Å²) in [7, 11) is 3.00. The van der Waals surface area contributed by atoms with E-state index in [0.29, 0.717) is 27.8 Å². The van der Waals surface area contributed by atoms with Gasteiger partial charge in [-0.05, 0) is 48.0 Å². The zero-order valence-corrected chi connectivity index (χ0v) is 17.9. The van der Waals surface area contributed by atoms with E-state index in [2.05, 4.69) is 5.32 Å². The van der Waals surface area contributed by atoms with Crippen LogP contribution in [-0.2, 0) is 9.59 Å². The molecule has 0 aromatic heterocycles. The van der Waals surface area contributed by atoms with Crippen molar-refractivity contribution in [1.82, 2.24) is 0 Å². The first-order chi connectivity index (χ1) is 15.4. The Kier molecular flexibility index (Phi) is 5.83. The number of nitrogens with one attached hydrogen (secondary N) is 1. The Morgan fingerprint density at radius 2 is 1.62 bits per heavy atom. The highest BCUT2D eigenvalue weighted by Gasteiger charge is 2.41. The lowest BCUT2D eigenvalue weighted by Crippen LogP contribution is -2.33. The van der Waals surface area contributed by atoms with Crippen molar-refractivity contribution in [3.63, 3.8) is 0 Å². The molecule has 1 N–H and O–H groups in total. The van der Waals surface area contributed by atoms with E-state index < -0.39 is 17.6 Å². The lowest BCUT2D eigenvalue weighted by atomic mass is 10.0. The van der Waals surface area contributed by atoms with Gasteiger partial charge in [-0.2, -0.15) is 0 Å². The highest BCUT2D eigenvalue weighted by molar-refractivity contribution is 6.46. The number of ether oxygens (including phenoxy) is 2. The largest absolute Gasteiger partial charge is 0.497 e. The second-order valence-corrected chi connectivity index (χ2v) is 7.28. The third-order valence-corrected chi connectivity index (χ3v) is 5.21. The summed E-state index contributed by atoms with van der Waals surface area (Å²) in [6.07, 6.45) is 0. The first kappa shape index (κ1) is 21.4. The number of hydrogen-bond acceptors (Lipinski definition) is 5. The molecule has 0 bridgehead atoms. The van der Waals surface area contributed by atoms with E-state index in [1.165, 1.54) is 32.4 Å². The molecule has 8 heteroatoms. The molecule has 0 atom stereocenters. The van der Waals surface area contributed by atoms with Crippen molar-refractivity contribution < 1.29 is 23.5 Å². The zero-order chi connectivity index (χ0) is 22.8. The molecule has 0 radical (unpaired) electrons. The number of hydrogen-bond donors (Lipinski definition) is 1. The van der Waals surface area contributed by atoms with Gasteiger partial charge in [0.25, 0.3) is 11.8 Å². The molecule has 4 rings (SSSR count). The standard InChI is InChI=1S/C24H18ClFN2O4/c1-31-16-10-7-14(8-11-16)21-22(27-18-13-15(25)9-12-20(18)32-2)24(30)28(23(21)29)19-6-4-3-5-17(19)26/h3-13,27H,1-2H3. The second-order valence-electron chi connectivity index (χ2n) is 6.85. The van der Waals surface area contributed by atoms with Crippen LogP contribution in [-0.4, -0.2) is 26.0 Å². The van der Waals surface area contributed by atoms with E-state index in [1.54, 1.807) is 48.5 Å². The number of nitrogens with zero attached hydrogens (tertiary/aromatic N) is 1. The van der Waals surface area contributed by atoms with Gasteiger partial charge in [0.2, 0.25) is 0 Å². The number of benzene rings is 3. The third kappa shape index (κ3) is 3.78. The number of methoxy groups -OCH3 is 2. The Morgan fingerprint density at radius 1 is 0.906 bits per heavy atom. The molecule has 0 saturated carbocycles. The smallest absolute Gasteiger partial charge is 0.282 e. The molecule has 0 unspecified atom stereocenters. The van der Waals surface area contributed by atoms with E-state index in [-0.39, 0.29) is 17.0 Å². The number of amides is 2. The van der Waals surface area contributed by atoms with Gasteiger partial charge >= 0.3 is 0 Å². The van der Waals surface area contributed by atoms with E-state index in [1.807, 2.05) is 0 Å². The minimum atomic E-state index is -0.701. The molecule has 32 heavy (non-hydrogen) atoms. The highest BCUT2D eigenvalue weighted by Crippen LogP contribution is 2.37. The molecule has 0 saturated heterocycles. The van der Waals surface area contributed by atoms with Crippen LogP contribution in [0, 0.1) is 5.82 Å². The summed E-state index contributed by atoms with van der Waals surface area (Å²) in [4.78, 5) is 27.6. The van der Waals surface area contributed by atoms with E-state index in [0.717, 1.165) is 4.90 Å². The maximum atomic E-state index is 14.5. The van der Waals surface area contributed by atoms with Crippen LogP contribution >= 0.6 is 11.6 Å². The molecule has 2 amide bonds. The van der Waals surface area contributed by atoms with Crippen molar-refractivity contribution in [2.75, 3.05) is 24.4 Å². The molecule has 1 aliphatic rings. The van der Waals surface area contributed by atoms with Crippen LogP contribution in [0.1, 0.15) is 5.56 Å². The molecule has 0 spiro atoms. The predicted octanol–water partition coefficient (Wildman–Crippen LogP) is 4.89. The topological polar surface area (TPSA) is 67.9 Å². The number of anilines is 2. The normalized spacial score (nSPS) is 13.6. The van der Waals surface area contributed by atoms with Crippen molar-refractivity contribution in [2.24, 2.45) is 0 Å². The van der Waals surface area contributed by atoms with Crippen LogP contribution < -0.4 is 19.7 Å². The van der Waals surface area contributed by atoms with Gasteiger partial charge in [-0.1, -0.05) is 35.9 Å². The Morgan fingerprint density at radius 3 is 2.28 bits per heavy atom. The fourth-order valence-corrected chi connectivity index (χ4v) is 3.61. The van der Waals surface area contributed by atoms with Gasteiger partial charge in [0.05, 0.1) is 31.2 Å². The monoisotopic (exact) mass is 452 g/mol. The van der Waals surface area contributed by atoms with Crippen LogP contribution in [0.2, 0.25) is 5.02 Å². The zero-order valence-electron chi connectivity index (χ0n) is 17.2. The lowest BCUT2D eigenvalue weighted by Gasteiger charge is -2.16. The Balaban J connectivity index is 1.86. The van der Waals surface area contributed by atoms with Crippen molar-refractivity contribution in [2.45, 2.75) is 0 Å². The van der Waals surface area contributed by atoms with Crippen molar-refractivity contribution in [3.8, 4) is 11.5 Å². The average Bonchev–Trinajstić information content (AvgIpc) is 3.04. The maximum absolute atomic E-state index is 14.5. The fraction of sp³-hybridized carbons (Fsp3) is 0.0833. The summed E-state index contributed by atoms with van der Waals surface area (Å²) in [5.74, 6) is -1.05. The maximum Gasteiger partial charge on any atom is 0.282 e. The van der Waals surface area contributed by atoms with Crippen LogP contribution in [0.5, 0.6) is 11.5 Å². The molecule has 162 valence electrons. The molecule has 3 aromatic carbocycles. The Hall–Kier alpha value is -3.84. The van der Waals surface area contributed by atoms with E-state index in [9.17, 15) is 14.0 Å². The Labute approximate surface area is 188 Å². The molecule has 0 aliphatic carbocycles. The van der Waals surface area contributed by atoms with Crippen molar-refractivity contribution >= 4 is 40.4 Å².